The molecule has 3 amide bonds. The number of carbonyl (C=O) groups excluding carboxylic acids is 2. The first-order chi connectivity index (χ1) is 13.8. The van der Waals surface area contributed by atoms with Crippen molar-refractivity contribution in [3.05, 3.63) is 59.7 Å². The smallest absolute Gasteiger partial charge is 0.335 e. The van der Waals surface area contributed by atoms with E-state index in [1.807, 2.05) is 0 Å². The Kier molecular flexibility index (Phi) is 6.41. The summed E-state index contributed by atoms with van der Waals surface area (Å²) in [5.41, 5.74) is -1.06. The lowest BCUT2D eigenvalue weighted by molar-refractivity contribution is -0.136. The minimum atomic E-state index is -4.69. The Bertz CT molecular complexity index is 863. The molecule has 1 aliphatic carbocycles. The maximum atomic E-state index is 13.5. The number of benzene rings is 2. The van der Waals surface area contributed by atoms with Crippen LogP contribution < -0.4 is 16.0 Å². The van der Waals surface area contributed by atoms with Crippen molar-refractivity contribution in [2.24, 2.45) is 0 Å². The number of anilines is 2. The van der Waals surface area contributed by atoms with Gasteiger partial charge in [-0.15, -0.1) is 0 Å². The third kappa shape index (κ3) is 5.73. The van der Waals surface area contributed by atoms with Gasteiger partial charge in [0.2, 0.25) is 0 Å². The number of carbonyl (C=O) groups is 2. The number of nitrogens with one attached hydrogen (secondary N) is 3. The summed E-state index contributed by atoms with van der Waals surface area (Å²) in [5, 5.41) is 7.47. The highest BCUT2D eigenvalue weighted by molar-refractivity contribution is 6.04. The molecule has 29 heavy (non-hydrogen) atoms. The third-order valence-electron chi connectivity index (χ3n) is 4.81. The van der Waals surface area contributed by atoms with Gasteiger partial charge in [0.15, 0.2) is 0 Å². The van der Waals surface area contributed by atoms with E-state index < -0.39 is 23.7 Å². The predicted octanol–water partition coefficient (Wildman–Crippen LogP) is 5.41. The topological polar surface area (TPSA) is 70.2 Å². The lowest BCUT2D eigenvalue weighted by Gasteiger charge is -2.23. The van der Waals surface area contributed by atoms with Crippen molar-refractivity contribution in [2.75, 3.05) is 10.6 Å². The summed E-state index contributed by atoms with van der Waals surface area (Å²) in [5.74, 6) is -0.519. The molecule has 2 aromatic carbocycles. The fraction of sp³-hybridized carbons (Fsp3) is 0.333. The molecule has 3 rings (SSSR count). The van der Waals surface area contributed by atoms with Gasteiger partial charge in [0.05, 0.1) is 11.3 Å². The van der Waals surface area contributed by atoms with Crippen LogP contribution in [0.15, 0.2) is 48.5 Å². The highest BCUT2D eigenvalue weighted by Crippen LogP contribution is 2.36. The van der Waals surface area contributed by atoms with Crippen LogP contribution in [0.25, 0.3) is 0 Å². The van der Waals surface area contributed by atoms with Crippen LogP contribution in [0.1, 0.15) is 48.0 Å². The Balaban J connectivity index is 1.74. The molecule has 0 atom stereocenters. The van der Waals surface area contributed by atoms with Crippen molar-refractivity contribution in [1.82, 2.24) is 5.32 Å². The summed E-state index contributed by atoms with van der Waals surface area (Å²) in [6.07, 6.45) is 0.0479. The Morgan fingerprint density at radius 1 is 0.897 bits per heavy atom. The van der Waals surface area contributed by atoms with Crippen molar-refractivity contribution in [2.45, 2.75) is 44.3 Å². The molecule has 1 saturated carbocycles. The number of amides is 3. The standard InChI is InChI=1S/C21H22F3N3O2/c22-21(23,24)17-13-16(25-19(28)14-7-3-1-4-8-14)11-12-18(17)27-20(29)26-15-9-5-2-6-10-15/h1,3-4,7-8,11-13,15H,2,5-6,9-10H2,(H,25,28)(H2,26,27,29). The Hall–Kier alpha value is -3.03. The van der Waals surface area contributed by atoms with Gasteiger partial charge in [0.25, 0.3) is 5.91 Å². The summed E-state index contributed by atoms with van der Waals surface area (Å²) in [7, 11) is 0. The molecule has 0 spiro atoms. The van der Waals surface area contributed by atoms with Crippen LogP contribution in [0.5, 0.6) is 0 Å². The van der Waals surface area contributed by atoms with Gasteiger partial charge in [-0.2, -0.15) is 13.2 Å². The van der Waals surface area contributed by atoms with Gasteiger partial charge in [0.1, 0.15) is 0 Å². The van der Waals surface area contributed by atoms with Crippen LogP contribution >= 0.6 is 0 Å². The van der Waals surface area contributed by atoms with Crippen LogP contribution in [0.3, 0.4) is 0 Å². The van der Waals surface area contributed by atoms with Gasteiger partial charge in [-0.25, -0.2) is 4.79 Å². The molecule has 1 aliphatic rings. The quantitative estimate of drug-likeness (QED) is 0.636. The number of rotatable bonds is 4. The summed E-state index contributed by atoms with van der Waals surface area (Å²) >= 11 is 0. The molecule has 0 heterocycles. The molecule has 0 unspecified atom stereocenters. The zero-order chi connectivity index (χ0) is 20.9. The van der Waals surface area contributed by atoms with Gasteiger partial charge in [-0.05, 0) is 43.2 Å². The predicted molar refractivity (Wildman–Crippen MR) is 105 cm³/mol. The van der Waals surface area contributed by atoms with Gasteiger partial charge >= 0.3 is 12.2 Å². The lowest BCUT2D eigenvalue weighted by Crippen LogP contribution is -2.39. The maximum Gasteiger partial charge on any atom is 0.418 e. The van der Waals surface area contributed by atoms with E-state index in [2.05, 4.69) is 16.0 Å². The SMILES string of the molecule is O=C(Nc1ccc(NC(=O)c2ccccc2)cc1C(F)(F)F)NC1CCCCC1. The summed E-state index contributed by atoms with van der Waals surface area (Å²) < 4.78 is 40.5. The molecule has 0 bridgehead atoms. The van der Waals surface area contributed by atoms with Gasteiger partial charge in [-0.1, -0.05) is 37.5 Å². The van der Waals surface area contributed by atoms with Crippen molar-refractivity contribution in [3.63, 3.8) is 0 Å². The number of halogens is 3. The molecule has 3 N–H and O–H groups in total. The number of alkyl halides is 3. The van der Waals surface area contributed by atoms with Gasteiger partial charge in [0, 0.05) is 17.3 Å². The minimum Gasteiger partial charge on any atom is -0.335 e. The van der Waals surface area contributed by atoms with Crippen LogP contribution in [-0.4, -0.2) is 18.0 Å². The third-order valence-corrected chi connectivity index (χ3v) is 4.81. The van der Waals surface area contributed by atoms with E-state index in [9.17, 15) is 22.8 Å². The highest BCUT2D eigenvalue weighted by Gasteiger charge is 2.34. The van der Waals surface area contributed by atoms with Crippen LogP contribution in [0.4, 0.5) is 29.3 Å². The van der Waals surface area contributed by atoms with Crippen molar-refractivity contribution < 1.29 is 22.8 Å². The first-order valence-corrected chi connectivity index (χ1v) is 9.48. The molecule has 5 nitrogen and oxygen atoms in total. The number of urea groups is 1. The van der Waals surface area contributed by atoms with Gasteiger partial charge in [-0.3, -0.25) is 4.79 Å². The number of hydrogen-bond acceptors (Lipinski definition) is 2. The zero-order valence-electron chi connectivity index (χ0n) is 15.7. The fourth-order valence-electron chi connectivity index (χ4n) is 3.35. The van der Waals surface area contributed by atoms with E-state index >= 15 is 0 Å². The molecule has 154 valence electrons. The summed E-state index contributed by atoms with van der Waals surface area (Å²) in [6, 6.07) is 10.8. The largest absolute Gasteiger partial charge is 0.418 e. The zero-order valence-corrected chi connectivity index (χ0v) is 15.7. The Morgan fingerprint density at radius 2 is 1.59 bits per heavy atom. The molecule has 0 aromatic heterocycles. The molecule has 8 heteroatoms. The summed E-state index contributed by atoms with van der Waals surface area (Å²) in [4.78, 5) is 24.3. The van der Waals surface area contributed by atoms with E-state index in [0.717, 1.165) is 44.2 Å². The minimum absolute atomic E-state index is 0.00980. The second-order valence-corrected chi connectivity index (χ2v) is 7.01. The second kappa shape index (κ2) is 8.98. The second-order valence-electron chi connectivity index (χ2n) is 7.01. The van der Waals surface area contributed by atoms with E-state index in [1.165, 1.54) is 6.07 Å². The molecule has 2 aromatic rings. The van der Waals surface area contributed by atoms with E-state index in [-0.39, 0.29) is 17.4 Å². The van der Waals surface area contributed by atoms with Crippen molar-refractivity contribution in [1.29, 1.82) is 0 Å². The molecular formula is C21H22F3N3O2. The molecular weight excluding hydrogens is 383 g/mol. The molecule has 0 radical (unpaired) electrons. The van der Waals surface area contributed by atoms with E-state index in [0.29, 0.717) is 5.56 Å². The molecule has 1 fully saturated rings. The number of hydrogen-bond donors (Lipinski definition) is 3. The maximum absolute atomic E-state index is 13.5. The average Bonchev–Trinajstić information content (AvgIpc) is 2.69. The lowest BCUT2D eigenvalue weighted by atomic mass is 9.96. The van der Waals surface area contributed by atoms with E-state index in [4.69, 9.17) is 0 Å². The fourth-order valence-corrected chi connectivity index (χ4v) is 3.35. The van der Waals surface area contributed by atoms with Crippen molar-refractivity contribution in [3.8, 4) is 0 Å². The van der Waals surface area contributed by atoms with Gasteiger partial charge < -0.3 is 16.0 Å². The van der Waals surface area contributed by atoms with Crippen LogP contribution in [0, 0.1) is 0 Å². The first kappa shape index (κ1) is 20.7. The highest BCUT2D eigenvalue weighted by atomic mass is 19.4. The van der Waals surface area contributed by atoms with Crippen LogP contribution in [0.2, 0.25) is 0 Å². The molecule has 0 saturated heterocycles. The van der Waals surface area contributed by atoms with E-state index in [1.54, 1.807) is 30.3 Å². The normalized spacial score (nSPS) is 14.9. The Morgan fingerprint density at radius 3 is 2.24 bits per heavy atom. The van der Waals surface area contributed by atoms with Crippen molar-refractivity contribution >= 4 is 23.3 Å². The monoisotopic (exact) mass is 405 g/mol. The van der Waals surface area contributed by atoms with Crippen LogP contribution in [-0.2, 0) is 6.18 Å². The Labute approximate surface area is 166 Å². The molecule has 0 aliphatic heterocycles. The first-order valence-electron chi connectivity index (χ1n) is 9.48. The average molecular weight is 405 g/mol. The summed E-state index contributed by atoms with van der Waals surface area (Å²) in [6.45, 7) is 0.